The van der Waals surface area contributed by atoms with E-state index in [1.54, 1.807) is 30.3 Å². The molecule has 0 aliphatic carbocycles. The molecule has 2 rings (SSSR count). The third-order valence-electron chi connectivity index (χ3n) is 3.55. The fourth-order valence-electron chi connectivity index (χ4n) is 2.54. The van der Waals surface area contributed by atoms with Crippen LogP contribution in [0.15, 0.2) is 30.3 Å². The van der Waals surface area contributed by atoms with Gasteiger partial charge < -0.3 is 5.11 Å². The van der Waals surface area contributed by atoms with Crippen molar-refractivity contribution in [2.75, 3.05) is 6.54 Å². The Morgan fingerprint density at radius 3 is 2.65 bits per heavy atom. The van der Waals surface area contributed by atoms with Gasteiger partial charge in [0.25, 0.3) is 5.92 Å². The molecule has 1 fully saturated rings. The number of nitrogens with zero attached hydrogens (tertiary/aromatic N) is 1. The molecule has 3 nitrogen and oxygen atoms in total. The number of likely N-dealkylation sites (tertiary alicyclic amines) is 1. The molecule has 1 aliphatic heterocycles. The number of carbonyl (C=O) groups is 1. The Bertz CT molecular complexity index is 524. The molecule has 1 heterocycles. The minimum atomic E-state index is -3.12. The summed E-state index contributed by atoms with van der Waals surface area (Å²) >= 11 is 0. The highest BCUT2D eigenvalue weighted by molar-refractivity contribution is 5.66. The number of amides is 1. The predicted molar refractivity (Wildman–Crippen MR) is 70.6 cm³/mol. The van der Waals surface area contributed by atoms with Crippen molar-refractivity contribution in [1.29, 1.82) is 0 Å². The van der Waals surface area contributed by atoms with Gasteiger partial charge in [-0.1, -0.05) is 30.3 Å². The zero-order valence-electron chi connectivity index (χ0n) is 10.8. The van der Waals surface area contributed by atoms with Gasteiger partial charge in [0.2, 0.25) is 0 Å². The minimum absolute atomic E-state index is 0.0164. The zero-order chi connectivity index (χ0) is 14.8. The second kappa shape index (κ2) is 5.49. The van der Waals surface area contributed by atoms with Crippen LogP contribution in [0, 0.1) is 18.3 Å². The number of terminal acetylenes is 1. The molecule has 0 radical (unpaired) electrons. The molecule has 1 saturated heterocycles. The van der Waals surface area contributed by atoms with E-state index in [9.17, 15) is 13.6 Å². The van der Waals surface area contributed by atoms with Crippen molar-refractivity contribution in [2.24, 2.45) is 5.92 Å². The van der Waals surface area contributed by atoms with Crippen molar-refractivity contribution in [2.45, 2.75) is 24.8 Å². The van der Waals surface area contributed by atoms with Crippen molar-refractivity contribution < 1.29 is 18.7 Å². The average Bonchev–Trinajstić information content (AvgIpc) is 2.41. The number of rotatable bonds is 2. The number of benzene rings is 1. The number of hydrogen-bond acceptors (Lipinski definition) is 1. The van der Waals surface area contributed by atoms with E-state index in [1.165, 1.54) is 0 Å². The van der Waals surface area contributed by atoms with Crippen LogP contribution in [-0.2, 0) is 6.42 Å². The van der Waals surface area contributed by atoms with E-state index in [0.29, 0.717) is 5.56 Å². The molecule has 1 N–H and O–H groups in total. The van der Waals surface area contributed by atoms with Crippen LogP contribution >= 0.6 is 0 Å². The van der Waals surface area contributed by atoms with Crippen LogP contribution < -0.4 is 0 Å². The smallest absolute Gasteiger partial charge is 0.407 e. The van der Waals surface area contributed by atoms with Gasteiger partial charge in [0.15, 0.2) is 0 Å². The Morgan fingerprint density at radius 1 is 1.45 bits per heavy atom. The van der Waals surface area contributed by atoms with Gasteiger partial charge >= 0.3 is 6.09 Å². The highest BCUT2D eigenvalue weighted by Crippen LogP contribution is 2.37. The molecule has 2 unspecified atom stereocenters. The summed E-state index contributed by atoms with van der Waals surface area (Å²) in [4.78, 5) is 12.0. The Labute approximate surface area is 116 Å². The summed E-state index contributed by atoms with van der Waals surface area (Å²) in [5.41, 5.74) is 0.683. The second-order valence-corrected chi connectivity index (χ2v) is 4.97. The van der Waals surface area contributed by atoms with Gasteiger partial charge in [-0.2, -0.15) is 0 Å². The molecule has 1 aromatic carbocycles. The number of hydrogen-bond donors (Lipinski definition) is 1. The van der Waals surface area contributed by atoms with Crippen molar-refractivity contribution in [3.8, 4) is 12.3 Å². The molecule has 0 saturated carbocycles. The van der Waals surface area contributed by atoms with Gasteiger partial charge in [-0.05, 0) is 12.0 Å². The fourth-order valence-corrected chi connectivity index (χ4v) is 2.54. The first-order valence-electron chi connectivity index (χ1n) is 6.31. The van der Waals surface area contributed by atoms with Crippen molar-refractivity contribution in [3.05, 3.63) is 35.9 Å². The highest BCUT2D eigenvalue weighted by Gasteiger charge is 2.50. The summed E-state index contributed by atoms with van der Waals surface area (Å²) in [6.45, 7) is -0.0427. The summed E-state index contributed by atoms with van der Waals surface area (Å²) in [6, 6.07) is 7.32. The number of alkyl halides is 2. The van der Waals surface area contributed by atoms with Crippen molar-refractivity contribution in [1.82, 2.24) is 4.90 Å². The summed E-state index contributed by atoms with van der Waals surface area (Å²) in [7, 11) is 0. The van der Waals surface area contributed by atoms with Gasteiger partial charge in [-0.25, -0.2) is 13.6 Å². The Morgan fingerprint density at radius 2 is 2.10 bits per heavy atom. The molecular formula is C15H15F2NO2. The second-order valence-electron chi connectivity index (χ2n) is 4.97. The number of halogens is 2. The Balaban J connectivity index is 2.27. The lowest BCUT2D eigenvalue weighted by atomic mass is 9.87. The summed E-state index contributed by atoms with van der Waals surface area (Å²) in [5.74, 6) is -1.62. The first kappa shape index (κ1) is 14.3. The standard InChI is InChI=1S/C15H15F2NO2/c1-2-11-9-15(16,17)13(18(10-11)14(19)20)8-12-6-4-3-5-7-12/h1,3-7,11,13H,8-10H2,(H,19,20). The average molecular weight is 279 g/mol. The van der Waals surface area contributed by atoms with Crippen molar-refractivity contribution >= 4 is 6.09 Å². The van der Waals surface area contributed by atoms with E-state index in [0.717, 1.165) is 4.90 Å². The lowest BCUT2D eigenvalue weighted by Crippen LogP contribution is -2.57. The monoisotopic (exact) mass is 279 g/mol. The molecular weight excluding hydrogens is 264 g/mol. The first-order chi connectivity index (χ1) is 9.44. The third kappa shape index (κ3) is 2.90. The summed E-state index contributed by atoms with van der Waals surface area (Å²) in [6.07, 6.45) is 3.34. The molecule has 1 aromatic rings. The minimum Gasteiger partial charge on any atom is -0.465 e. The summed E-state index contributed by atoms with van der Waals surface area (Å²) < 4.78 is 28.4. The van der Waals surface area contributed by atoms with E-state index >= 15 is 0 Å². The molecule has 0 bridgehead atoms. The van der Waals surface area contributed by atoms with Crippen LogP contribution in [0.2, 0.25) is 0 Å². The van der Waals surface area contributed by atoms with Crippen LogP contribution in [-0.4, -0.2) is 34.6 Å². The molecule has 20 heavy (non-hydrogen) atoms. The molecule has 106 valence electrons. The Kier molecular flexibility index (Phi) is 3.93. The van der Waals surface area contributed by atoms with Crippen LogP contribution in [0.5, 0.6) is 0 Å². The quantitative estimate of drug-likeness (QED) is 0.846. The van der Waals surface area contributed by atoms with Gasteiger partial charge in [-0.15, -0.1) is 12.3 Å². The molecule has 1 amide bonds. The molecule has 1 aliphatic rings. The molecule has 0 aromatic heterocycles. The molecule has 2 atom stereocenters. The van der Waals surface area contributed by atoms with Gasteiger partial charge in [0.1, 0.15) is 6.04 Å². The van der Waals surface area contributed by atoms with E-state index in [4.69, 9.17) is 11.5 Å². The van der Waals surface area contributed by atoms with Crippen LogP contribution in [0.1, 0.15) is 12.0 Å². The predicted octanol–water partition coefficient (Wildman–Crippen LogP) is 2.87. The van der Waals surface area contributed by atoms with Crippen LogP contribution in [0.3, 0.4) is 0 Å². The fraction of sp³-hybridized carbons (Fsp3) is 0.400. The first-order valence-corrected chi connectivity index (χ1v) is 6.31. The van der Waals surface area contributed by atoms with Gasteiger partial charge in [-0.3, -0.25) is 4.90 Å². The van der Waals surface area contributed by atoms with Crippen molar-refractivity contribution in [3.63, 3.8) is 0 Å². The maximum atomic E-state index is 14.2. The Hall–Kier alpha value is -2.09. The number of carboxylic acid groups (broad SMARTS) is 1. The van der Waals surface area contributed by atoms with E-state index in [2.05, 4.69) is 5.92 Å². The SMILES string of the molecule is C#CC1CN(C(=O)O)C(Cc2ccccc2)C(F)(F)C1. The van der Waals surface area contributed by atoms with Gasteiger partial charge in [0, 0.05) is 18.9 Å². The topological polar surface area (TPSA) is 40.5 Å². The molecule has 0 spiro atoms. The third-order valence-corrected chi connectivity index (χ3v) is 3.55. The largest absolute Gasteiger partial charge is 0.465 e. The van der Waals surface area contributed by atoms with E-state index < -0.39 is 30.4 Å². The van der Waals surface area contributed by atoms with E-state index in [1.807, 2.05) is 0 Å². The number of piperidine rings is 1. The van der Waals surface area contributed by atoms with Crippen LogP contribution in [0.25, 0.3) is 0 Å². The van der Waals surface area contributed by atoms with E-state index in [-0.39, 0.29) is 13.0 Å². The maximum Gasteiger partial charge on any atom is 0.407 e. The normalized spacial score (nSPS) is 24.9. The molecule has 5 heteroatoms. The highest BCUT2D eigenvalue weighted by atomic mass is 19.3. The lowest BCUT2D eigenvalue weighted by Gasteiger charge is -2.41. The maximum absolute atomic E-state index is 14.2. The van der Waals surface area contributed by atoms with Crippen LogP contribution in [0.4, 0.5) is 13.6 Å². The summed E-state index contributed by atoms with van der Waals surface area (Å²) in [5, 5.41) is 9.16. The lowest BCUT2D eigenvalue weighted by molar-refractivity contribution is -0.113. The van der Waals surface area contributed by atoms with Gasteiger partial charge in [0.05, 0.1) is 0 Å². The zero-order valence-corrected chi connectivity index (χ0v) is 10.8.